The summed E-state index contributed by atoms with van der Waals surface area (Å²) in [7, 11) is 0. The summed E-state index contributed by atoms with van der Waals surface area (Å²) < 4.78 is 0. The highest BCUT2D eigenvalue weighted by atomic mass is 32.1. The predicted octanol–water partition coefficient (Wildman–Crippen LogP) is 3.76. The smallest absolute Gasteiger partial charge is 0.306 e. The Bertz CT molecular complexity index is 160. The first-order chi connectivity index (χ1) is 7.22. The van der Waals surface area contributed by atoms with Gasteiger partial charge in [0.25, 0.3) is 0 Å². The van der Waals surface area contributed by atoms with E-state index < -0.39 is 5.97 Å². The molecule has 0 spiro atoms. The average Bonchev–Trinajstić information content (AvgIpc) is 2.21. The van der Waals surface area contributed by atoms with Gasteiger partial charge in [0.1, 0.15) is 0 Å². The standard InChI is InChI=1S/C12H24O2S/c1-2-3-8-11(12(13)14)9-6-4-5-7-10-15/h11,15H,2-10H2,1H3,(H,13,14). The SMILES string of the molecule is CCCCC(CCCCCCS)C(=O)O. The van der Waals surface area contributed by atoms with E-state index in [0.717, 1.165) is 50.7 Å². The second kappa shape index (κ2) is 10.3. The third-order valence-electron chi connectivity index (χ3n) is 2.72. The van der Waals surface area contributed by atoms with Crippen LogP contribution in [-0.4, -0.2) is 16.8 Å². The summed E-state index contributed by atoms with van der Waals surface area (Å²) >= 11 is 4.15. The average molecular weight is 232 g/mol. The molecule has 0 aromatic heterocycles. The van der Waals surface area contributed by atoms with Crippen LogP contribution in [0.1, 0.15) is 58.3 Å². The van der Waals surface area contributed by atoms with Crippen molar-refractivity contribution in [3.63, 3.8) is 0 Å². The molecule has 2 nitrogen and oxygen atoms in total. The molecule has 0 rings (SSSR count). The minimum atomic E-state index is -0.613. The highest BCUT2D eigenvalue weighted by Crippen LogP contribution is 2.17. The van der Waals surface area contributed by atoms with Gasteiger partial charge in [-0.05, 0) is 25.0 Å². The molecule has 0 amide bonds. The van der Waals surface area contributed by atoms with Crippen molar-refractivity contribution in [2.24, 2.45) is 5.92 Å². The number of carboxylic acids is 1. The molecule has 0 saturated heterocycles. The lowest BCUT2D eigenvalue weighted by molar-refractivity contribution is -0.142. The van der Waals surface area contributed by atoms with Gasteiger partial charge in [-0.1, -0.05) is 39.0 Å². The Kier molecular flexibility index (Phi) is 10.2. The fraction of sp³-hybridized carbons (Fsp3) is 0.917. The molecule has 0 radical (unpaired) electrons. The molecule has 0 bridgehead atoms. The molecule has 1 unspecified atom stereocenters. The van der Waals surface area contributed by atoms with E-state index in [1.54, 1.807) is 0 Å². The molecular formula is C12H24O2S. The van der Waals surface area contributed by atoms with Crippen LogP contribution in [0, 0.1) is 5.92 Å². The number of aliphatic carboxylic acids is 1. The summed E-state index contributed by atoms with van der Waals surface area (Å²) in [5, 5.41) is 8.99. The molecule has 3 heteroatoms. The van der Waals surface area contributed by atoms with Crippen LogP contribution in [0.25, 0.3) is 0 Å². The Labute approximate surface area is 98.9 Å². The highest BCUT2D eigenvalue weighted by Gasteiger charge is 2.15. The fourth-order valence-corrected chi connectivity index (χ4v) is 1.92. The lowest BCUT2D eigenvalue weighted by atomic mass is 9.95. The third kappa shape index (κ3) is 8.79. The molecule has 0 fully saturated rings. The molecule has 0 aromatic rings. The first kappa shape index (κ1) is 14.8. The number of unbranched alkanes of at least 4 members (excludes halogenated alkanes) is 4. The largest absolute Gasteiger partial charge is 0.481 e. The van der Waals surface area contributed by atoms with Gasteiger partial charge in [-0.15, -0.1) is 0 Å². The van der Waals surface area contributed by atoms with E-state index in [1.165, 1.54) is 6.42 Å². The minimum Gasteiger partial charge on any atom is -0.481 e. The van der Waals surface area contributed by atoms with E-state index in [0.29, 0.717) is 0 Å². The number of rotatable bonds is 10. The van der Waals surface area contributed by atoms with Crippen molar-refractivity contribution in [2.75, 3.05) is 5.75 Å². The first-order valence-corrected chi connectivity index (χ1v) is 6.69. The van der Waals surface area contributed by atoms with Gasteiger partial charge in [-0.3, -0.25) is 4.79 Å². The number of hydrogen-bond donors (Lipinski definition) is 2. The van der Waals surface area contributed by atoms with Crippen LogP contribution in [0.5, 0.6) is 0 Å². The molecule has 0 aromatic carbocycles. The molecule has 0 saturated carbocycles. The maximum absolute atomic E-state index is 10.9. The van der Waals surface area contributed by atoms with Crippen LogP contribution in [0.15, 0.2) is 0 Å². The molecule has 1 atom stereocenters. The van der Waals surface area contributed by atoms with Gasteiger partial charge in [0.05, 0.1) is 5.92 Å². The Hall–Kier alpha value is -0.180. The topological polar surface area (TPSA) is 37.3 Å². The van der Waals surface area contributed by atoms with Crippen LogP contribution >= 0.6 is 12.6 Å². The van der Waals surface area contributed by atoms with E-state index in [2.05, 4.69) is 19.6 Å². The fourth-order valence-electron chi connectivity index (χ4n) is 1.70. The maximum atomic E-state index is 10.9. The third-order valence-corrected chi connectivity index (χ3v) is 3.03. The maximum Gasteiger partial charge on any atom is 0.306 e. The quantitative estimate of drug-likeness (QED) is 0.444. The van der Waals surface area contributed by atoms with Crippen molar-refractivity contribution in [2.45, 2.75) is 58.3 Å². The van der Waals surface area contributed by atoms with Crippen molar-refractivity contribution >= 4 is 18.6 Å². The summed E-state index contributed by atoms with van der Waals surface area (Å²) in [4.78, 5) is 10.9. The molecule has 0 aliphatic heterocycles. The van der Waals surface area contributed by atoms with Gasteiger partial charge >= 0.3 is 5.97 Å². The van der Waals surface area contributed by atoms with Gasteiger partial charge in [0.15, 0.2) is 0 Å². The van der Waals surface area contributed by atoms with Crippen LogP contribution in [0.4, 0.5) is 0 Å². The van der Waals surface area contributed by atoms with Crippen LogP contribution < -0.4 is 0 Å². The first-order valence-electron chi connectivity index (χ1n) is 6.06. The van der Waals surface area contributed by atoms with Gasteiger partial charge in [0, 0.05) is 0 Å². The Morgan fingerprint density at radius 1 is 1.13 bits per heavy atom. The second-order valence-electron chi connectivity index (χ2n) is 4.10. The normalized spacial score (nSPS) is 12.7. The van der Waals surface area contributed by atoms with Crippen LogP contribution in [-0.2, 0) is 4.79 Å². The zero-order chi connectivity index (χ0) is 11.5. The number of carboxylic acid groups (broad SMARTS) is 1. The molecular weight excluding hydrogens is 208 g/mol. The summed E-state index contributed by atoms with van der Waals surface area (Å²) in [6, 6.07) is 0. The monoisotopic (exact) mass is 232 g/mol. The van der Waals surface area contributed by atoms with Crippen LogP contribution in [0.3, 0.4) is 0 Å². The summed E-state index contributed by atoms with van der Waals surface area (Å²) in [5.41, 5.74) is 0. The molecule has 90 valence electrons. The zero-order valence-electron chi connectivity index (χ0n) is 9.74. The van der Waals surface area contributed by atoms with Gasteiger partial charge in [-0.25, -0.2) is 0 Å². The van der Waals surface area contributed by atoms with E-state index in [4.69, 9.17) is 5.11 Å². The predicted molar refractivity (Wildman–Crippen MR) is 67.6 cm³/mol. The summed E-state index contributed by atoms with van der Waals surface area (Å²) in [6.07, 6.45) is 8.35. The van der Waals surface area contributed by atoms with Crippen molar-refractivity contribution in [3.05, 3.63) is 0 Å². The summed E-state index contributed by atoms with van der Waals surface area (Å²) in [5.74, 6) is 0.219. The Balaban J connectivity index is 3.53. The van der Waals surface area contributed by atoms with Crippen LogP contribution in [0.2, 0.25) is 0 Å². The molecule has 0 aliphatic carbocycles. The highest BCUT2D eigenvalue weighted by molar-refractivity contribution is 7.80. The number of carbonyl (C=O) groups is 1. The van der Waals surface area contributed by atoms with E-state index in [9.17, 15) is 4.79 Å². The second-order valence-corrected chi connectivity index (χ2v) is 4.55. The summed E-state index contributed by atoms with van der Waals surface area (Å²) in [6.45, 7) is 2.10. The van der Waals surface area contributed by atoms with Crippen molar-refractivity contribution in [1.29, 1.82) is 0 Å². The molecule has 15 heavy (non-hydrogen) atoms. The lowest BCUT2D eigenvalue weighted by Crippen LogP contribution is -2.13. The number of hydrogen-bond acceptors (Lipinski definition) is 2. The van der Waals surface area contributed by atoms with Gasteiger partial charge in [0.2, 0.25) is 0 Å². The molecule has 1 N–H and O–H groups in total. The van der Waals surface area contributed by atoms with Gasteiger partial charge < -0.3 is 5.11 Å². The van der Waals surface area contributed by atoms with E-state index >= 15 is 0 Å². The Morgan fingerprint density at radius 2 is 1.73 bits per heavy atom. The van der Waals surface area contributed by atoms with Crippen molar-refractivity contribution < 1.29 is 9.90 Å². The lowest BCUT2D eigenvalue weighted by Gasteiger charge is -2.11. The minimum absolute atomic E-state index is 0.110. The van der Waals surface area contributed by atoms with E-state index in [1.807, 2.05) is 0 Å². The van der Waals surface area contributed by atoms with Crippen molar-refractivity contribution in [3.8, 4) is 0 Å². The molecule has 0 aliphatic rings. The van der Waals surface area contributed by atoms with Crippen molar-refractivity contribution in [1.82, 2.24) is 0 Å². The van der Waals surface area contributed by atoms with E-state index in [-0.39, 0.29) is 5.92 Å². The Morgan fingerprint density at radius 3 is 2.27 bits per heavy atom. The van der Waals surface area contributed by atoms with Gasteiger partial charge in [-0.2, -0.15) is 12.6 Å². The zero-order valence-corrected chi connectivity index (χ0v) is 10.6. The molecule has 0 heterocycles. The number of thiol groups is 1.